The predicted molar refractivity (Wildman–Crippen MR) is 47.4 cm³/mol. The molecule has 1 amide bonds. The third-order valence-corrected chi connectivity index (χ3v) is 1.74. The van der Waals surface area contributed by atoms with Gasteiger partial charge in [0.15, 0.2) is 6.29 Å². The zero-order valence-corrected chi connectivity index (χ0v) is 8.04. The first-order valence-electron chi connectivity index (χ1n) is 4.16. The van der Waals surface area contributed by atoms with Crippen LogP contribution in [0.4, 0.5) is 0 Å². The molecule has 0 fully saturated rings. The molecule has 0 aromatic carbocycles. The van der Waals surface area contributed by atoms with E-state index in [1.54, 1.807) is 0 Å². The molecule has 0 unspecified atom stereocenters. The Hall–Kier alpha value is -0.980. The maximum absolute atomic E-state index is 10.7. The van der Waals surface area contributed by atoms with Gasteiger partial charge in [-0.2, -0.15) is 0 Å². The predicted octanol–water partition coefficient (Wildman–Crippen LogP) is -2.21. The third kappa shape index (κ3) is 3.82. The molecule has 0 heterocycles. The van der Waals surface area contributed by atoms with E-state index in [9.17, 15) is 14.7 Å². The van der Waals surface area contributed by atoms with Gasteiger partial charge in [-0.05, 0) is 6.92 Å². The molecule has 0 aromatic rings. The first kappa shape index (κ1) is 13.0. The van der Waals surface area contributed by atoms with Crippen LogP contribution < -0.4 is 5.32 Å². The van der Waals surface area contributed by atoms with E-state index in [1.165, 1.54) is 13.8 Å². The van der Waals surface area contributed by atoms with Crippen LogP contribution in [0.2, 0.25) is 0 Å². The van der Waals surface area contributed by atoms with Crippen molar-refractivity contribution in [2.45, 2.75) is 38.2 Å². The molecule has 0 radical (unpaired) electrons. The molecule has 82 valence electrons. The van der Waals surface area contributed by atoms with E-state index in [-0.39, 0.29) is 6.29 Å². The van der Waals surface area contributed by atoms with Crippen molar-refractivity contribution >= 4 is 12.2 Å². The number of rotatable bonds is 5. The monoisotopic (exact) mass is 205 g/mol. The number of carbonyl (C=O) groups is 2. The number of aliphatic hydroxyl groups excluding tert-OH is 3. The number of aldehydes is 1. The van der Waals surface area contributed by atoms with Gasteiger partial charge in [-0.1, -0.05) is 0 Å². The van der Waals surface area contributed by atoms with Crippen LogP contribution in [0.15, 0.2) is 0 Å². The van der Waals surface area contributed by atoms with Crippen LogP contribution in [0.5, 0.6) is 0 Å². The van der Waals surface area contributed by atoms with E-state index >= 15 is 0 Å². The highest BCUT2D eigenvalue weighted by atomic mass is 16.3. The van der Waals surface area contributed by atoms with Gasteiger partial charge in [0.1, 0.15) is 12.2 Å². The van der Waals surface area contributed by atoms with Crippen molar-refractivity contribution in [1.29, 1.82) is 0 Å². The van der Waals surface area contributed by atoms with Crippen LogP contribution in [-0.4, -0.2) is 51.9 Å². The van der Waals surface area contributed by atoms with Gasteiger partial charge in [-0.3, -0.25) is 4.79 Å². The Kier molecular flexibility index (Phi) is 5.29. The number of nitrogens with one attached hydrogen (secondary N) is 1. The minimum atomic E-state index is -1.54. The number of amides is 1. The topological polar surface area (TPSA) is 107 Å². The summed E-state index contributed by atoms with van der Waals surface area (Å²) < 4.78 is 0. The summed E-state index contributed by atoms with van der Waals surface area (Å²) >= 11 is 0. The quantitative estimate of drug-likeness (QED) is 0.381. The highest BCUT2D eigenvalue weighted by molar-refractivity contribution is 5.74. The maximum Gasteiger partial charge on any atom is 0.217 e. The summed E-state index contributed by atoms with van der Waals surface area (Å²) in [5, 5.41) is 29.7. The molecule has 0 spiro atoms. The zero-order chi connectivity index (χ0) is 11.3. The lowest BCUT2D eigenvalue weighted by molar-refractivity contribution is -0.126. The van der Waals surface area contributed by atoms with Gasteiger partial charge < -0.3 is 25.4 Å². The molecule has 4 atom stereocenters. The smallest absolute Gasteiger partial charge is 0.217 e. The lowest BCUT2D eigenvalue weighted by Gasteiger charge is -2.26. The number of hydrogen-bond acceptors (Lipinski definition) is 5. The molecule has 6 heteroatoms. The highest BCUT2D eigenvalue weighted by Crippen LogP contribution is 2.03. The van der Waals surface area contributed by atoms with Crippen molar-refractivity contribution in [3.05, 3.63) is 0 Å². The number of carbonyl (C=O) groups excluding carboxylic acids is 2. The number of aliphatic hydroxyl groups is 3. The fourth-order valence-corrected chi connectivity index (χ4v) is 0.992. The Morgan fingerprint density at radius 1 is 1.36 bits per heavy atom. The van der Waals surface area contributed by atoms with Crippen LogP contribution in [0.3, 0.4) is 0 Å². The van der Waals surface area contributed by atoms with Gasteiger partial charge in [0.05, 0.1) is 12.1 Å². The van der Waals surface area contributed by atoms with Crippen molar-refractivity contribution in [3.8, 4) is 0 Å². The van der Waals surface area contributed by atoms with E-state index in [0.717, 1.165) is 0 Å². The Labute approximate surface area is 81.5 Å². The molecule has 0 bridgehead atoms. The summed E-state index contributed by atoms with van der Waals surface area (Å²) in [6, 6.07) is -1.19. The van der Waals surface area contributed by atoms with E-state index in [2.05, 4.69) is 5.32 Å². The Morgan fingerprint density at radius 3 is 2.14 bits per heavy atom. The molecule has 0 rings (SSSR count). The van der Waals surface area contributed by atoms with Crippen LogP contribution >= 0.6 is 0 Å². The maximum atomic E-state index is 10.7. The summed E-state index contributed by atoms with van der Waals surface area (Å²) in [6.07, 6.45) is -3.89. The van der Waals surface area contributed by atoms with Gasteiger partial charge in [0.2, 0.25) is 5.91 Å². The van der Waals surface area contributed by atoms with Crippen LogP contribution in [0.1, 0.15) is 13.8 Å². The van der Waals surface area contributed by atoms with Gasteiger partial charge in [-0.25, -0.2) is 0 Å². The molecule has 0 aliphatic carbocycles. The summed E-state index contributed by atoms with van der Waals surface area (Å²) in [4.78, 5) is 20.9. The molecule has 0 aliphatic rings. The molecular weight excluding hydrogens is 190 g/mol. The standard InChI is InChI=1S/C8H15NO5/c1-4(11)8(14)7(6(13)3-10)9-5(2)12/h3-4,6-8,11,13-14H,1-2H3,(H,9,12)/t4-,6+,7-,8-/m0/s1. The summed E-state index contributed by atoms with van der Waals surface area (Å²) in [6.45, 7) is 2.47. The minimum absolute atomic E-state index is 0.187. The summed E-state index contributed by atoms with van der Waals surface area (Å²) in [5.74, 6) is -0.504. The highest BCUT2D eigenvalue weighted by Gasteiger charge is 2.30. The molecule has 4 N–H and O–H groups in total. The molecular formula is C8H15NO5. The molecule has 0 aliphatic heterocycles. The van der Waals surface area contributed by atoms with Crippen molar-refractivity contribution in [1.82, 2.24) is 5.32 Å². The van der Waals surface area contributed by atoms with E-state index in [4.69, 9.17) is 10.2 Å². The summed E-state index contributed by atoms with van der Waals surface area (Å²) in [7, 11) is 0. The average molecular weight is 205 g/mol. The zero-order valence-electron chi connectivity index (χ0n) is 8.04. The fraction of sp³-hybridized carbons (Fsp3) is 0.750. The van der Waals surface area contributed by atoms with Gasteiger partial charge in [0, 0.05) is 6.92 Å². The van der Waals surface area contributed by atoms with Crippen molar-refractivity contribution in [2.75, 3.05) is 0 Å². The number of hydrogen-bond donors (Lipinski definition) is 4. The first-order valence-corrected chi connectivity index (χ1v) is 4.16. The fourth-order valence-electron chi connectivity index (χ4n) is 0.992. The first-order chi connectivity index (χ1) is 6.40. The summed E-state index contributed by atoms with van der Waals surface area (Å²) in [5.41, 5.74) is 0. The second-order valence-corrected chi connectivity index (χ2v) is 3.08. The second kappa shape index (κ2) is 5.69. The SMILES string of the molecule is CC(=O)N[C@H]([C@@H](O)[C@H](C)O)[C@H](O)C=O. The van der Waals surface area contributed by atoms with Crippen LogP contribution in [0.25, 0.3) is 0 Å². The van der Waals surface area contributed by atoms with E-state index < -0.39 is 30.3 Å². The Balaban J connectivity index is 4.53. The molecule has 0 saturated heterocycles. The third-order valence-electron chi connectivity index (χ3n) is 1.74. The van der Waals surface area contributed by atoms with Gasteiger partial charge >= 0.3 is 0 Å². The molecule has 14 heavy (non-hydrogen) atoms. The van der Waals surface area contributed by atoms with Crippen molar-refractivity contribution in [3.63, 3.8) is 0 Å². The Bertz CT molecular complexity index is 206. The van der Waals surface area contributed by atoms with Gasteiger partial charge in [0.25, 0.3) is 0 Å². The van der Waals surface area contributed by atoms with Gasteiger partial charge in [-0.15, -0.1) is 0 Å². The second-order valence-electron chi connectivity index (χ2n) is 3.08. The Morgan fingerprint density at radius 2 is 1.86 bits per heavy atom. The van der Waals surface area contributed by atoms with Crippen molar-refractivity contribution in [2.24, 2.45) is 0 Å². The lowest BCUT2D eigenvalue weighted by Crippen LogP contribution is -2.54. The van der Waals surface area contributed by atoms with Crippen LogP contribution in [-0.2, 0) is 9.59 Å². The normalized spacial score (nSPS) is 19.2. The molecule has 0 saturated carbocycles. The molecule has 6 nitrogen and oxygen atoms in total. The van der Waals surface area contributed by atoms with Crippen LogP contribution in [0, 0.1) is 0 Å². The minimum Gasteiger partial charge on any atom is -0.391 e. The molecule has 0 aromatic heterocycles. The average Bonchev–Trinajstić information content (AvgIpc) is 2.11. The van der Waals surface area contributed by atoms with E-state index in [0.29, 0.717) is 0 Å². The van der Waals surface area contributed by atoms with E-state index in [1.807, 2.05) is 0 Å². The largest absolute Gasteiger partial charge is 0.391 e. The van der Waals surface area contributed by atoms with Crippen molar-refractivity contribution < 1.29 is 24.9 Å². The lowest BCUT2D eigenvalue weighted by atomic mass is 10.0.